The van der Waals surface area contributed by atoms with Crippen LogP contribution in [0.15, 0.2) is 9.95 Å². The molecule has 0 aliphatic heterocycles. The van der Waals surface area contributed by atoms with Crippen molar-refractivity contribution in [1.82, 2.24) is 15.2 Å². The van der Waals surface area contributed by atoms with Crippen LogP contribution in [0.4, 0.5) is 0 Å². The molecule has 0 aromatic carbocycles. The molecule has 0 saturated heterocycles. The van der Waals surface area contributed by atoms with E-state index in [9.17, 15) is 4.79 Å². The highest BCUT2D eigenvalue weighted by Gasteiger charge is 2.00. The molecule has 1 aromatic rings. The minimum absolute atomic E-state index is 0.247. The second-order valence-electron chi connectivity index (χ2n) is 2.15. The molecule has 1 heterocycles. The van der Waals surface area contributed by atoms with Gasteiger partial charge in [0.15, 0.2) is 5.16 Å². The molecule has 0 atom stereocenters. The number of H-pyrrole nitrogens is 2. The predicted octanol–water partition coefficient (Wildman–Crippen LogP) is 0.598. The number of rotatable bonds is 2. The summed E-state index contributed by atoms with van der Waals surface area (Å²) in [5, 5.41) is 7.11. The zero-order chi connectivity index (χ0) is 7.56. The van der Waals surface area contributed by atoms with E-state index in [1.807, 2.05) is 13.8 Å². The highest BCUT2D eigenvalue weighted by molar-refractivity contribution is 7.99. The molecule has 0 aliphatic carbocycles. The van der Waals surface area contributed by atoms with Gasteiger partial charge in [0.05, 0.1) is 0 Å². The van der Waals surface area contributed by atoms with E-state index in [-0.39, 0.29) is 5.69 Å². The number of nitrogens with zero attached hydrogens (tertiary/aromatic N) is 1. The Morgan fingerprint density at radius 2 is 2.30 bits per heavy atom. The SMILES string of the molecule is CC(C)Sc1n[nH]c(=O)[nH]1. The molecular weight excluding hydrogens is 150 g/mol. The van der Waals surface area contributed by atoms with Crippen molar-refractivity contribution in [1.29, 1.82) is 0 Å². The fraction of sp³-hybridized carbons (Fsp3) is 0.600. The lowest BCUT2D eigenvalue weighted by Gasteiger charge is -1.96. The first-order valence-corrected chi connectivity index (χ1v) is 3.88. The van der Waals surface area contributed by atoms with Gasteiger partial charge in [0.25, 0.3) is 0 Å². The first kappa shape index (κ1) is 7.40. The lowest BCUT2D eigenvalue weighted by atomic mass is 10.6. The summed E-state index contributed by atoms with van der Waals surface area (Å²) in [6, 6.07) is 0. The van der Waals surface area contributed by atoms with Gasteiger partial charge in [0.1, 0.15) is 0 Å². The highest BCUT2D eigenvalue weighted by atomic mass is 32.2. The van der Waals surface area contributed by atoms with Gasteiger partial charge in [-0.3, -0.25) is 4.98 Å². The molecule has 0 fully saturated rings. The van der Waals surface area contributed by atoms with E-state index in [0.29, 0.717) is 10.4 Å². The third kappa shape index (κ3) is 1.91. The van der Waals surface area contributed by atoms with Gasteiger partial charge in [-0.25, -0.2) is 9.89 Å². The van der Waals surface area contributed by atoms with E-state index in [2.05, 4.69) is 15.2 Å². The Morgan fingerprint density at radius 1 is 1.60 bits per heavy atom. The summed E-state index contributed by atoms with van der Waals surface area (Å²) in [5.74, 6) is 0. The molecule has 2 N–H and O–H groups in total. The summed E-state index contributed by atoms with van der Waals surface area (Å²) in [4.78, 5) is 13.0. The fourth-order valence-electron chi connectivity index (χ4n) is 0.534. The number of aromatic nitrogens is 3. The number of hydrogen-bond donors (Lipinski definition) is 2. The maximum atomic E-state index is 10.5. The maximum absolute atomic E-state index is 10.5. The van der Waals surface area contributed by atoms with Gasteiger partial charge in [-0.05, 0) is 0 Å². The van der Waals surface area contributed by atoms with Gasteiger partial charge in [0, 0.05) is 5.25 Å². The van der Waals surface area contributed by atoms with Crippen LogP contribution in [-0.2, 0) is 0 Å². The Balaban J connectivity index is 2.67. The van der Waals surface area contributed by atoms with E-state index >= 15 is 0 Å². The first-order chi connectivity index (χ1) is 4.68. The van der Waals surface area contributed by atoms with Gasteiger partial charge < -0.3 is 0 Å². The zero-order valence-electron chi connectivity index (χ0n) is 5.84. The summed E-state index contributed by atoms with van der Waals surface area (Å²) in [7, 11) is 0. The van der Waals surface area contributed by atoms with Crippen LogP contribution in [0.25, 0.3) is 0 Å². The Hall–Kier alpha value is -0.710. The molecule has 0 unspecified atom stereocenters. The summed E-state index contributed by atoms with van der Waals surface area (Å²) in [5.41, 5.74) is -0.247. The molecular formula is C5H9N3OS. The summed E-state index contributed by atoms with van der Waals surface area (Å²) in [6.45, 7) is 4.08. The second kappa shape index (κ2) is 2.92. The van der Waals surface area contributed by atoms with Crippen molar-refractivity contribution in [2.45, 2.75) is 24.3 Å². The fourth-order valence-corrected chi connectivity index (χ4v) is 1.23. The van der Waals surface area contributed by atoms with E-state index in [1.54, 1.807) is 0 Å². The second-order valence-corrected chi connectivity index (χ2v) is 3.71. The van der Waals surface area contributed by atoms with Crippen molar-refractivity contribution in [3.63, 3.8) is 0 Å². The molecule has 0 aliphatic rings. The molecule has 5 heteroatoms. The summed E-state index contributed by atoms with van der Waals surface area (Å²) < 4.78 is 0. The largest absolute Gasteiger partial charge is 0.341 e. The highest BCUT2D eigenvalue weighted by Crippen LogP contribution is 2.15. The van der Waals surface area contributed by atoms with Crippen LogP contribution in [0, 0.1) is 0 Å². The standard InChI is InChI=1S/C5H9N3OS/c1-3(2)10-5-6-4(9)7-8-5/h3H,1-2H3,(H2,6,7,8,9). The van der Waals surface area contributed by atoms with E-state index in [1.165, 1.54) is 11.8 Å². The van der Waals surface area contributed by atoms with Gasteiger partial charge in [-0.2, -0.15) is 0 Å². The van der Waals surface area contributed by atoms with E-state index in [4.69, 9.17) is 0 Å². The monoisotopic (exact) mass is 159 g/mol. The van der Waals surface area contributed by atoms with Crippen LogP contribution in [0.3, 0.4) is 0 Å². The zero-order valence-corrected chi connectivity index (χ0v) is 6.66. The lowest BCUT2D eigenvalue weighted by molar-refractivity contribution is 0.959. The Labute approximate surface area is 62.4 Å². The molecule has 0 saturated carbocycles. The molecule has 1 rings (SSSR count). The number of thioether (sulfide) groups is 1. The first-order valence-electron chi connectivity index (χ1n) is 3.00. The molecule has 0 bridgehead atoms. The van der Waals surface area contributed by atoms with Crippen molar-refractivity contribution in [2.75, 3.05) is 0 Å². The minimum atomic E-state index is -0.247. The van der Waals surface area contributed by atoms with Gasteiger partial charge in [0.2, 0.25) is 0 Å². The third-order valence-electron chi connectivity index (χ3n) is 0.827. The molecule has 1 aromatic heterocycles. The maximum Gasteiger partial charge on any atom is 0.341 e. The van der Waals surface area contributed by atoms with Crippen molar-refractivity contribution in [3.05, 3.63) is 10.5 Å². The predicted molar refractivity (Wildman–Crippen MR) is 40.2 cm³/mol. The van der Waals surface area contributed by atoms with Crippen molar-refractivity contribution in [2.24, 2.45) is 0 Å². The molecule has 0 amide bonds. The number of aromatic amines is 2. The average Bonchev–Trinajstić information content (AvgIpc) is 2.13. The Bertz CT molecular complexity index is 251. The summed E-state index contributed by atoms with van der Waals surface area (Å²) >= 11 is 1.52. The minimum Gasteiger partial charge on any atom is -0.284 e. The quantitative estimate of drug-likeness (QED) is 0.621. The van der Waals surface area contributed by atoms with Gasteiger partial charge in [-0.1, -0.05) is 25.6 Å². The van der Waals surface area contributed by atoms with Crippen molar-refractivity contribution >= 4 is 11.8 Å². The van der Waals surface area contributed by atoms with Crippen molar-refractivity contribution in [3.8, 4) is 0 Å². The molecule has 10 heavy (non-hydrogen) atoms. The van der Waals surface area contributed by atoms with E-state index < -0.39 is 0 Å². The molecule has 56 valence electrons. The van der Waals surface area contributed by atoms with Crippen LogP contribution in [-0.4, -0.2) is 20.4 Å². The Morgan fingerprint density at radius 3 is 2.70 bits per heavy atom. The summed E-state index contributed by atoms with van der Waals surface area (Å²) in [6.07, 6.45) is 0. The molecule has 0 radical (unpaired) electrons. The normalized spacial score (nSPS) is 10.7. The van der Waals surface area contributed by atoms with Gasteiger partial charge in [-0.15, -0.1) is 5.10 Å². The van der Waals surface area contributed by atoms with Crippen LogP contribution >= 0.6 is 11.8 Å². The van der Waals surface area contributed by atoms with Crippen LogP contribution in [0.5, 0.6) is 0 Å². The average molecular weight is 159 g/mol. The number of nitrogens with one attached hydrogen (secondary N) is 2. The smallest absolute Gasteiger partial charge is 0.284 e. The topological polar surface area (TPSA) is 61.5 Å². The van der Waals surface area contributed by atoms with Crippen molar-refractivity contribution < 1.29 is 0 Å². The van der Waals surface area contributed by atoms with Crippen LogP contribution < -0.4 is 5.69 Å². The van der Waals surface area contributed by atoms with Gasteiger partial charge >= 0.3 is 5.69 Å². The molecule has 0 spiro atoms. The van der Waals surface area contributed by atoms with E-state index in [0.717, 1.165) is 0 Å². The molecule has 4 nitrogen and oxygen atoms in total. The Kier molecular flexibility index (Phi) is 2.16. The van der Waals surface area contributed by atoms with Crippen LogP contribution in [0.1, 0.15) is 13.8 Å². The van der Waals surface area contributed by atoms with Crippen LogP contribution in [0.2, 0.25) is 0 Å². The number of hydrogen-bond acceptors (Lipinski definition) is 3. The lowest BCUT2D eigenvalue weighted by Crippen LogP contribution is -2.00. The third-order valence-corrected chi connectivity index (χ3v) is 1.71.